The quantitative estimate of drug-likeness (QED) is 0.238. The zero-order chi connectivity index (χ0) is 20.9. The molecule has 3 heteroatoms. The highest BCUT2D eigenvalue weighted by molar-refractivity contribution is 9.10. The predicted molar refractivity (Wildman–Crippen MR) is 134 cm³/mol. The monoisotopic (exact) mass is 462 g/mol. The normalized spacial score (nSPS) is 11.5. The molecule has 0 radical (unpaired) electrons. The minimum absolute atomic E-state index is 0.952. The molecule has 6 aromatic rings. The van der Waals surface area contributed by atoms with Crippen LogP contribution in [-0.2, 0) is 0 Å². The summed E-state index contributed by atoms with van der Waals surface area (Å²) in [5, 5.41) is 4.88. The van der Waals surface area contributed by atoms with Gasteiger partial charge in [0.15, 0.2) is 0 Å². The number of fused-ring (bicyclic) bond motifs is 6. The minimum Gasteiger partial charge on any atom is -0.292 e. The largest absolute Gasteiger partial charge is 0.292 e. The first-order chi connectivity index (χ1) is 15.2. The van der Waals surface area contributed by atoms with Gasteiger partial charge in [-0.15, -0.1) is 0 Å². The van der Waals surface area contributed by atoms with Crippen molar-refractivity contribution in [1.29, 1.82) is 0 Å². The molecular formula is C28H19BrN2. The Morgan fingerprint density at radius 3 is 1.90 bits per heavy atom. The van der Waals surface area contributed by atoms with Crippen LogP contribution in [0.25, 0.3) is 49.7 Å². The van der Waals surface area contributed by atoms with Crippen LogP contribution in [-0.4, -0.2) is 9.55 Å². The first kappa shape index (κ1) is 18.3. The van der Waals surface area contributed by atoms with Crippen molar-refractivity contribution in [2.45, 2.75) is 6.92 Å². The number of nitrogens with zero attached hydrogens (tertiary/aromatic N) is 2. The van der Waals surface area contributed by atoms with Gasteiger partial charge in [-0.3, -0.25) is 4.57 Å². The number of imidazole rings is 1. The maximum absolute atomic E-state index is 5.24. The summed E-state index contributed by atoms with van der Waals surface area (Å²) < 4.78 is 3.37. The van der Waals surface area contributed by atoms with Crippen LogP contribution in [0.3, 0.4) is 0 Å². The fraction of sp³-hybridized carbons (Fsp3) is 0.0357. The molecule has 0 atom stereocenters. The van der Waals surface area contributed by atoms with Gasteiger partial charge in [-0.25, -0.2) is 4.98 Å². The molecule has 0 saturated heterocycles. The summed E-state index contributed by atoms with van der Waals surface area (Å²) in [5.74, 6) is 0.952. The van der Waals surface area contributed by atoms with E-state index in [2.05, 4.69) is 124 Å². The fourth-order valence-electron chi connectivity index (χ4n) is 4.44. The van der Waals surface area contributed by atoms with E-state index in [0.29, 0.717) is 0 Å². The van der Waals surface area contributed by atoms with Gasteiger partial charge >= 0.3 is 0 Å². The number of halogens is 1. The van der Waals surface area contributed by atoms with Crippen LogP contribution in [0.2, 0.25) is 0 Å². The second kappa shape index (κ2) is 7.07. The number of benzene rings is 5. The van der Waals surface area contributed by atoms with E-state index in [0.717, 1.165) is 32.6 Å². The lowest BCUT2D eigenvalue weighted by atomic mass is 10.00. The van der Waals surface area contributed by atoms with E-state index in [9.17, 15) is 0 Å². The standard InChI is InChI=1S/C28H19BrN2/c1-18-10-16-21(17-11-18)31-27-25-9-5-3-7-23(25)22-6-2-4-8-24(22)26(27)30-28(31)19-12-14-20(29)15-13-19/h2-17H,1H3. The van der Waals surface area contributed by atoms with Gasteiger partial charge in [-0.05, 0) is 42.0 Å². The van der Waals surface area contributed by atoms with Gasteiger partial charge in [-0.1, -0.05) is 94.3 Å². The van der Waals surface area contributed by atoms with E-state index in [4.69, 9.17) is 4.98 Å². The summed E-state index contributed by atoms with van der Waals surface area (Å²) in [7, 11) is 0. The second-order valence-electron chi connectivity index (χ2n) is 7.90. The van der Waals surface area contributed by atoms with Crippen LogP contribution >= 0.6 is 15.9 Å². The maximum atomic E-state index is 5.24. The average Bonchev–Trinajstić information content (AvgIpc) is 3.21. The van der Waals surface area contributed by atoms with Crippen LogP contribution in [0, 0.1) is 6.92 Å². The lowest BCUT2D eigenvalue weighted by Gasteiger charge is -2.13. The van der Waals surface area contributed by atoms with E-state index in [1.165, 1.54) is 27.1 Å². The summed E-state index contributed by atoms with van der Waals surface area (Å²) in [6.45, 7) is 2.12. The molecule has 0 saturated carbocycles. The summed E-state index contributed by atoms with van der Waals surface area (Å²) in [4.78, 5) is 5.24. The van der Waals surface area contributed by atoms with E-state index in [1.807, 2.05) is 0 Å². The predicted octanol–water partition coefficient (Wildman–Crippen LogP) is 8.07. The SMILES string of the molecule is Cc1ccc(-n2c(-c3ccc(Br)cc3)nc3c4ccccc4c4ccccc4c32)cc1. The van der Waals surface area contributed by atoms with Crippen molar-refractivity contribution in [3.63, 3.8) is 0 Å². The molecule has 0 aliphatic heterocycles. The molecule has 0 N–H and O–H groups in total. The first-order valence-electron chi connectivity index (χ1n) is 10.4. The first-order valence-corrected chi connectivity index (χ1v) is 11.1. The third-order valence-corrected chi connectivity index (χ3v) is 6.46. The van der Waals surface area contributed by atoms with Crippen molar-refractivity contribution in [3.05, 3.63) is 107 Å². The topological polar surface area (TPSA) is 17.8 Å². The molecule has 148 valence electrons. The van der Waals surface area contributed by atoms with Crippen LogP contribution in [0.1, 0.15) is 5.56 Å². The van der Waals surface area contributed by atoms with Crippen molar-refractivity contribution < 1.29 is 0 Å². The molecule has 0 bridgehead atoms. The minimum atomic E-state index is 0.952. The highest BCUT2D eigenvalue weighted by atomic mass is 79.9. The molecule has 0 unspecified atom stereocenters. The molecule has 5 aromatic carbocycles. The van der Waals surface area contributed by atoms with Gasteiger partial charge in [-0.2, -0.15) is 0 Å². The van der Waals surface area contributed by atoms with E-state index in [1.54, 1.807) is 0 Å². The highest BCUT2D eigenvalue weighted by Gasteiger charge is 2.19. The zero-order valence-corrected chi connectivity index (χ0v) is 18.6. The number of aryl methyl sites for hydroxylation is 1. The van der Waals surface area contributed by atoms with Crippen molar-refractivity contribution in [2.24, 2.45) is 0 Å². The number of hydrogen-bond donors (Lipinski definition) is 0. The highest BCUT2D eigenvalue weighted by Crippen LogP contribution is 2.39. The van der Waals surface area contributed by atoms with Crippen LogP contribution in [0.4, 0.5) is 0 Å². The molecule has 2 nitrogen and oxygen atoms in total. The second-order valence-corrected chi connectivity index (χ2v) is 8.82. The summed E-state index contributed by atoms with van der Waals surface area (Å²) in [6, 6.07) is 34.3. The number of rotatable bonds is 2. The Kier molecular flexibility index (Phi) is 4.18. The Balaban J connectivity index is 1.85. The van der Waals surface area contributed by atoms with Crippen LogP contribution < -0.4 is 0 Å². The van der Waals surface area contributed by atoms with Crippen molar-refractivity contribution >= 4 is 48.5 Å². The Morgan fingerprint density at radius 2 is 1.23 bits per heavy atom. The van der Waals surface area contributed by atoms with E-state index in [-0.39, 0.29) is 0 Å². The molecule has 0 amide bonds. The molecule has 1 heterocycles. The zero-order valence-electron chi connectivity index (χ0n) is 17.0. The maximum Gasteiger partial charge on any atom is 0.145 e. The van der Waals surface area contributed by atoms with Gasteiger partial charge in [0.05, 0.1) is 11.0 Å². The number of aromatic nitrogens is 2. The molecule has 0 aliphatic carbocycles. The van der Waals surface area contributed by atoms with Crippen molar-refractivity contribution in [1.82, 2.24) is 9.55 Å². The van der Waals surface area contributed by atoms with Crippen LogP contribution in [0.5, 0.6) is 0 Å². The molecule has 0 spiro atoms. The summed E-state index contributed by atoms with van der Waals surface area (Å²) in [6.07, 6.45) is 0. The average molecular weight is 463 g/mol. The third kappa shape index (κ3) is 2.88. The third-order valence-electron chi connectivity index (χ3n) is 5.93. The van der Waals surface area contributed by atoms with Crippen molar-refractivity contribution in [2.75, 3.05) is 0 Å². The van der Waals surface area contributed by atoms with Gasteiger partial charge in [0.1, 0.15) is 5.82 Å². The molecule has 1 aromatic heterocycles. The van der Waals surface area contributed by atoms with Gasteiger partial charge < -0.3 is 0 Å². The Labute approximate surface area is 188 Å². The smallest absolute Gasteiger partial charge is 0.145 e. The summed E-state index contributed by atoms with van der Waals surface area (Å²) >= 11 is 3.56. The Bertz CT molecular complexity index is 1580. The molecule has 0 fully saturated rings. The Morgan fingerprint density at radius 1 is 0.645 bits per heavy atom. The molecular weight excluding hydrogens is 444 g/mol. The fourth-order valence-corrected chi connectivity index (χ4v) is 4.71. The van der Waals surface area contributed by atoms with Gasteiger partial charge in [0.2, 0.25) is 0 Å². The number of hydrogen-bond acceptors (Lipinski definition) is 1. The van der Waals surface area contributed by atoms with E-state index >= 15 is 0 Å². The van der Waals surface area contributed by atoms with E-state index < -0.39 is 0 Å². The summed E-state index contributed by atoms with van der Waals surface area (Å²) in [5.41, 5.74) is 5.64. The molecule has 0 aliphatic rings. The van der Waals surface area contributed by atoms with Crippen molar-refractivity contribution in [3.8, 4) is 17.1 Å². The molecule has 31 heavy (non-hydrogen) atoms. The lowest BCUT2D eigenvalue weighted by Crippen LogP contribution is -1.98. The Hall–Kier alpha value is -3.43. The van der Waals surface area contributed by atoms with Gasteiger partial charge in [0.25, 0.3) is 0 Å². The molecule has 6 rings (SSSR count). The van der Waals surface area contributed by atoms with Crippen LogP contribution in [0.15, 0.2) is 102 Å². The van der Waals surface area contributed by atoms with Gasteiger partial charge in [0, 0.05) is 26.5 Å². The lowest BCUT2D eigenvalue weighted by molar-refractivity contribution is 1.10.